The third-order valence-corrected chi connectivity index (χ3v) is 8.63. The normalized spacial score (nSPS) is 12.9. The Labute approximate surface area is 251 Å². The number of pyridine rings is 1. The highest BCUT2D eigenvalue weighted by atomic mass is 14.8. The zero-order valence-corrected chi connectivity index (χ0v) is 24.0. The van der Waals surface area contributed by atoms with Crippen LogP contribution < -0.4 is 5.32 Å². The van der Waals surface area contributed by atoms with E-state index in [4.69, 9.17) is 0 Å². The highest BCUT2D eigenvalue weighted by molar-refractivity contribution is 6.21. The summed E-state index contributed by atoms with van der Waals surface area (Å²) >= 11 is 0. The average molecular weight is 551 g/mol. The minimum Gasteiger partial charge on any atom is -0.387 e. The Hall–Kier alpha value is -5.47. The molecule has 0 bridgehead atoms. The number of benzene rings is 6. The van der Waals surface area contributed by atoms with Gasteiger partial charge in [-0.1, -0.05) is 109 Å². The van der Waals surface area contributed by atoms with E-state index in [2.05, 4.69) is 145 Å². The maximum Gasteiger partial charge on any atom is 0.0346 e. The summed E-state index contributed by atoms with van der Waals surface area (Å²) in [6.45, 7) is 2.98. The van der Waals surface area contributed by atoms with Crippen molar-refractivity contribution >= 4 is 37.9 Å². The van der Waals surface area contributed by atoms with E-state index in [0.717, 1.165) is 17.7 Å². The monoisotopic (exact) mass is 550 g/mol. The van der Waals surface area contributed by atoms with Crippen molar-refractivity contribution in [2.45, 2.75) is 6.92 Å². The zero-order chi connectivity index (χ0) is 28.8. The van der Waals surface area contributed by atoms with Gasteiger partial charge in [0.2, 0.25) is 0 Å². The van der Waals surface area contributed by atoms with Gasteiger partial charge in [-0.2, -0.15) is 0 Å². The largest absolute Gasteiger partial charge is 0.387 e. The van der Waals surface area contributed by atoms with Gasteiger partial charge in [0.25, 0.3) is 0 Å². The molecule has 0 saturated carbocycles. The van der Waals surface area contributed by atoms with Crippen LogP contribution in [0.15, 0.2) is 146 Å². The van der Waals surface area contributed by atoms with Crippen molar-refractivity contribution in [1.82, 2.24) is 10.3 Å². The number of nitrogens with zero attached hydrogens (tertiary/aromatic N) is 1. The topological polar surface area (TPSA) is 24.9 Å². The molecule has 1 N–H and O–H groups in total. The van der Waals surface area contributed by atoms with Crippen LogP contribution in [0.5, 0.6) is 0 Å². The van der Waals surface area contributed by atoms with Crippen LogP contribution in [0.1, 0.15) is 11.1 Å². The standard InChI is InChI=1S/C41H30N2/c1-27-10-12-30(13-11-27)40-36-6-2-4-8-38(36)41(39-9-5-3-7-37(39)40)32-17-15-28-14-16-31(22-33(28)23-32)35-24-34(25-43-26-35)29-18-20-42-21-19-29/h2-20,22-26,42H,21H2,1H3. The Morgan fingerprint density at radius 3 is 1.77 bits per heavy atom. The maximum absolute atomic E-state index is 4.59. The van der Waals surface area contributed by atoms with Crippen LogP contribution in [0.25, 0.3) is 71.3 Å². The molecule has 0 fully saturated rings. The van der Waals surface area contributed by atoms with Gasteiger partial charge in [0.05, 0.1) is 0 Å². The summed E-state index contributed by atoms with van der Waals surface area (Å²) in [5, 5.41) is 10.8. The van der Waals surface area contributed by atoms with E-state index >= 15 is 0 Å². The molecule has 0 spiro atoms. The second-order valence-corrected chi connectivity index (χ2v) is 11.3. The van der Waals surface area contributed by atoms with E-state index in [-0.39, 0.29) is 0 Å². The van der Waals surface area contributed by atoms with Gasteiger partial charge < -0.3 is 5.32 Å². The molecule has 1 aliphatic heterocycles. The summed E-state index contributed by atoms with van der Waals surface area (Å²) in [6, 6.07) is 42.5. The van der Waals surface area contributed by atoms with Gasteiger partial charge in [-0.3, -0.25) is 4.98 Å². The lowest BCUT2D eigenvalue weighted by Gasteiger charge is -2.18. The lowest BCUT2D eigenvalue weighted by molar-refractivity contribution is 0.975. The molecule has 8 rings (SSSR count). The molecule has 204 valence electrons. The molecule has 1 aliphatic rings. The summed E-state index contributed by atoms with van der Waals surface area (Å²) in [7, 11) is 0. The molecule has 7 aromatic rings. The van der Waals surface area contributed by atoms with Crippen molar-refractivity contribution in [3.8, 4) is 33.4 Å². The first-order chi connectivity index (χ1) is 21.2. The van der Waals surface area contributed by atoms with Gasteiger partial charge in [0.1, 0.15) is 0 Å². The lowest BCUT2D eigenvalue weighted by Crippen LogP contribution is -2.08. The van der Waals surface area contributed by atoms with E-state index in [1.165, 1.54) is 71.3 Å². The number of aryl methyl sites for hydroxylation is 1. The van der Waals surface area contributed by atoms with Crippen molar-refractivity contribution in [2.24, 2.45) is 0 Å². The third kappa shape index (κ3) is 4.49. The minimum atomic E-state index is 0.837. The van der Waals surface area contributed by atoms with E-state index < -0.39 is 0 Å². The Balaban J connectivity index is 1.31. The number of fused-ring (bicyclic) bond motifs is 3. The zero-order valence-electron chi connectivity index (χ0n) is 24.0. The second-order valence-electron chi connectivity index (χ2n) is 11.3. The van der Waals surface area contributed by atoms with Gasteiger partial charge in [0.15, 0.2) is 0 Å². The molecule has 6 aromatic carbocycles. The van der Waals surface area contributed by atoms with E-state index in [1.807, 2.05) is 18.6 Å². The van der Waals surface area contributed by atoms with Crippen LogP contribution in [-0.4, -0.2) is 11.5 Å². The molecule has 2 heterocycles. The lowest BCUT2D eigenvalue weighted by atomic mass is 9.85. The first kappa shape index (κ1) is 25.3. The van der Waals surface area contributed by atoms with Crippen LogP contribution in [0.3, 0.4) is 0 Å². The first-order valence-corrected chi connectivity index (χ1v) is 14.8. The molecular weight excluding hydrogens is 520 g/mol. The molecule has 43 heavy (non-hydrogen) atoms. The van der Waals surface area contributed by atoms with E-state index in [9.17, 15) is 0 Å². The van der Waals surface area contributed by atoms with Crippen LogP contribution in [0.4, 0.5) is 0 Å². The number of aromatic nitrogens is 1. The van der Waals surface area contributed by atoms with Crippen molar-refractivity contribution < 1.29 is 0 Å². The average Bonchev–Trinajstić information content (AvgIpc) is 3.07. The summed E-state index contributed by atoms with van der Waals surface area (Å²) < 4.78 is 0. The smallest absolute Gasteiger partial charge is 0.0346 e. The molecule has 2 nitrogen and oxygen atoms in total. The Kier molecular flexibility index (Phi) is 6.12. The quantitative estimate of drug-likeness (QED) is 0.221. The van der Waals surface area contributed by atoms with E-state index in [0.29, 0.717) is 0 Å². The summed E-state index contributed by atoms with van der Waals surface area (Å²) in [6.07, 6.45) is 10.2. The molecule has 0 atom stereocenters. The molecular formula is C41H30N2. The maximum atomic E-state index is 4.59. The fraction of sp³-hybridized carbons (Fsp3) is 0.0488. The predicted octanol–water partition coefficient (Wildman–Crippen LogP) is 10.4. The fourth-order valence-corrected chi connectivity index (χ4v) is 6.48. The van der Waals surface area contributed by atoms with Gasteiger partial charge in [0, 0.05) is 30.1 Å². The number of hydrogen-bond donors (Lipinski definition) is 1. The fourth-order valence-electron chi connectivity index (χ4n) is 6.48. The van der Waals surface area contributed by atoms with Crippen molar-refractivity contribution in [3.05, 3.63) is 157 Å². The molecule has 0 radical (unpaired) electrons. The van der Waals surface area contributed by atoms with Crippen LogP contribution in [-0.2, 0) is 0 Å². The third-order valence-electron chi connectivity index (χ3n) is 8.63. The first-order valence-electron chi connectivity index (χ1n) is 14.8. The van der Waals surface area contributed by atoms with Crippen molar-refractivity contribution in [3.63, 3.8) is 0 Å². The highest BCUT2D eigenvalue weighted by Crippen LogP contribution is 2.44. The highest BCUT2D eigenvalue weighted by Gasteiger charge is 2.17. The number of dihydropyridines is 1. The van der Waals surface area contributed by atoms with E-state index in [1.54, 1.807) is 0 Å². The van der Waals surface area contributed by atoms with Crippen LogP contribution in [0.2, 0.25) is 0 Å². The molecule has 0 aliphatic carbocycles. The number of nitrogens with one attached hydrogen (secondary N) is 1. The number of hydrogen-bond acceptors (Lipinski definition) is 2. The Morgan fingerprint density at radius 2 is 1.12 bits per heavy atom. The van der Waals surface area contributed by atoms with Crippen LogP contribution in [0, 0.1) is 6.92 Å². The predicted molar refractivity (Wildman–Crippen MR) is 183 cm³/mol. The summed E-state index contributed by atoms with van der Waals surface area (Å²) in [5.41, 5.74) is 10.9. The van der Waals surface area contributed by atoms with Crippen molar-refractivity contribution in [2.75, 3.05) is 6.54 Å². The molecule has 2 heteroatoms. The second kappa shape index (κ2) is 10.4. The van der Waals surface area contributed by atoms with Gasteiger partial charge in [-0.25, -0.2) is 0 Å². The summed E-state index contributed by atoms with van der Waals surface area (Å²) in [4.78, 5) is 4.59. The minimum absolute atomic E-state index is 0.837. The van der Waals surface area contributed by atoms with Gasteiger partial charge in [-0.05, 0) is 103 Å². The summed E-state index contributed by atoms with van der Waals surface area (Å²) in [5.74, 6) is 0. The Morgan fingerprint density at radius 1 is 0.535 bits per heavy atom. The number of rotatable bonds is 4. The molecule has 0 saturated heterocycles. The van der Waals surface area contributed by atoms with Crippen molar-refractivity contribution in [1.29, 1.82) is 0 Å². The molecule has 0 unspecified atom stereocenters. The number of allylic oxidation sites excluding steroid dienone is 2. The Bertz CT molecular complexity index is 2180. The SMILES string of the molecule is Cc1ccc(-c2c3ccccc3c(-c3ccc4ccc(-c5cncc(C6=CCNC=C6)c5)cc4c3)c3ccccc23)cc1. The van der Waals surface area contributed by atoms with Gasteiger partial charge in [-0.15, -0.1) is 0 Å². The van der Waals surface area contributed by atoms with Gasteiger partial charge >= 0.3 is 0 Å². The van der Waals surface area contributed by atoms with Crippen LogP contribution >= 0.6 is 0 Å². The molecule has 1 aromatic heterocycles. The molecule has 0 amide bonds.